The van der Waals surface area contributed by atoms with Gasteiger partial charge in [-0.3, -0.25) is 0 Å². The molecule has 0 radical (unpaired) electrons. The first-order chi connectivity index (χ1) is 8.50. The Hall–Kier alpha value is -0.310. The first kappa shape index (κ1) is 14.1. The zero-order chi connectivity index (χ0) is 13.3. The molecule has 18 heavy (non-hydrogen) atoms. The number of hydrogen-bond acceptors (Lipinski definition) is 1. The van der Waals surface area contributed by atoms with Crippen LogP contribution in [-0.2, 0) is 0 Å². The van der Waals surface area contributed by atoms with Gasteiger partial charge in [0.25, 0.3) is 0 Å². The zero-order valence-electron chi connectivity index (χ0n) is 8.68. The molecule has 0 aromatic heterocycles. The first-order valence-electron chi connectivity index (χ1n) is 4.76. The third-order valence-electron chi connectivity index (χ3n) is 2.12. The van der Waals surface area contributed by atoms with Crippen molar-refractivity contribution in [2.24, 2.45) is 0 Å². The van der Waals surface area contributed by atoms with Gasteiger partial charge in [-0.2, -0.15) is 0 Å². The summed E-state index contributed by atoms with van der Waals surface area (Å²) in [7, 11) is 0. The number of rotatable bonds is 2. The van der Waals surface area contributed by atoms with Crippen LogP contribution in [0.4, 0.5) is 0 Å². The van der Waals surface area contributed by atoms with E-state index in [2.05, 4.69) is 0 Å². The Kier molecular flexibility index (Phi) is 4.52. The van der Waals surface area contributed by atoms with Crippen molar-refractivity contribution in [2.75, 3.05) is 0 Å². The van der Waals surface area contributed by atoms with Crippen LogP contribution in [0, 0.1) is 0 Å². The summed E-state index contributed by atoms with van der Waals surface area (Å²) in [4.78, 5) is 0. The second-order valence-corrected chi connectivity index (χ2v) is 5.33. The molecule has 0 aliphatic carbocycles. The van der Waals surface area contributed by atoms with Crippen LogP contribution in [0.3, 0.4) is 0 Å². The highest BCUT2D eigenvalue weighted by molar-refractivity contribution is 6.45. The predicted octanol–water partition coefficient (Wildman–Crippen LogP) is 6.75. The van der Waals surface area contributed by atoms with Gasteiger partial charge in [0.1, 0.15) is 5.02 Å². The Balaban J connectivity index is 2.50. The quantitative estimate of drug-likeness (QED) is 0.549. The fraction of sp³-hybridized carbons (Fsp3) is 0. The smallest absolute Gasteiger partial charge is 0.166 e. The molecule has 2 aromatic carbocycles. The first-order valence-corrected chi connectivity index (χ1v) is 6.65. The van der Waals surface area contributed by atoms with Crippen molar-refractivity contribution in [3.05, 3.63) is 55.4 Å². The second-order valence-electron chi connectivity index (χ2n) is 3.33. The highest BCUT2D eigenvalue weighted by atomic mass is 35.5. The Labute approximate surface area is 129 Å². The maximum Gasteiger partial charge on any atom is 0.166 e. The Morgan fingerprint density at radius 3 is 1.72 bits per heavy atom. The van der Waals surface area contributed by atoms with Crippen molar-refractivity contribution < 1.29 is 4.74 Å². The van der Waals surface area contributed by atoms with Crippen LogP contribution in [0.5, 0.6) is 11.5 Å². The summed E-state index contributed by atoms with van der Waals surface area (Å²) in [5, 5.41) is 1.57. The minimum absolute atomic E-state index is 0.208. The topological polar surface area (TPSA) is 9.23 Å². The Morgan fingerprint density at radius 2 is 1.11 bits per heavy atom. The van der Waals surface area contributed by atoms with Gasteiger partial charge in [-0.1, -0.05) is 64.1 Å². The fourth-order valence-corrected chi connectivity index (χ4v) is 2.36. The summed E-state index contributed by atoms with van der Waals surface area (Å²) in [6, 6.07) is 8.16. The molecule has 0 fully saturated rings. The lowest BCUT2D eigenvalue weighted by Gasteiger charge is -2.12. The number of halogens is 5. The molecule has 0 bridgehead atoms. The van der Waals surface area contributed by atoms with Gasteiger partial charge in [-0.25, -0.2) is 0 Å². The van der Waals surface area contributed by atoms with Crippen LogP contribution >= 0.6 is 58.0 Å². The van der Waals surface area contributed by atoms with Gasteiger partial charge in [0.05, 0.1) is 20.1 Å². The molecule has 2 aromatic rings. The van der Waals surface area contributed by atoms with Crippen LogP contribution in [0.25, 0.3) is 0 Å². The monoisotopic (exact) mass is 340 g/mol. The molecule has 1 nitrogen and oxygen atoms in total. The van der Waals surface area contributed by atoms with E-state index in [1.807, 2.05) is 0 Å². The van der Waals surface area contributed by atoms with Crippen molar-refractivity contribution in [3.63, 3.8) is 0 Å². The summed E-state index contributed by atoms with van der Waals surface area (Å²) < 4.78 is 5.57. The predicted molar refractivity (Wildman–Crippen MR) is 78.0 cm³/mol. The molecule has 0 aliphatic rings. The van der Waals surface area contributed by atoms with Crippen LogP contribution in [0.15, 0.2) is 30.3 Å². The molecule has 0 aliphatic heterocycles. The van der Waals surface area contributed by atoms with Crippen LogP contribution in [0.2, 0.25) is 25.1 Å². The largest absolute Gasteiger partial charge is 0.451 e. The third-order valence-corrected chi connectivity index (χ3v) is 3.80. The number of para-hydroxylation sites is 1. The number of benzene rings is 2. The number of hydrogen-bond donors (Lipinski definition) is 0. The van der Waals surface area contributed by atoms with E-state index in [0.717, 1.165) is 0 Å². The minimum Gasteiger partial charge on any atom is -0.451 e. The number of ether oxygens (including phenoxy) is 1. The van der Waals surface area contributed by atoms with Gasteiger partial charge >= 0.3 is 0 Å². The van der Waals surface area contributed by atoms with Gasteiger partial charge in [0, 0.05) is 0 Å². The molecule has 0 saturated carbocycles. The Bertz CT molecular complexity index is 577. The lowest BCUT2D eigenvalue weighted by atomic mass is 10.3. The van der Waals surface area contributed by atoms with Gasteiger partial charge in [-0.05, 0) is 24.3 Å². The fourth-order valence-electron chi connectivity index (χ4n) is 1.28. The summed E-state index contributed by atoms with van der Waals surface area (Å²) in [6.45, 7) is 0. The average Bonchev–Trinajstić information content (AvgIpc) is 2.33. The van der Waals surface area contributed by atoms with Crippen molar-refractivity contribution in [2.45, 2.75) is 0 Å². The highest BCUT2D eigenvalue weighted by Gasteiger charge is 2.15. The van der Waals surface area contributed by atoms with E-state index in [9.17, 15) is 0 Å². The molecule has 0 heterocycles. The normalized spacial score (nSPS) is 10.5. The third kappa shape index (κ3) is 2.81. The molecule has 0 unspecified atom stereocenters. The van der Waals surface area contributed by atoms with Crippen molar-refractivity contribution in [1.82, 2.24) is 0 Å². The van der Waals surface area contributed by atoms with Crippen molar-refractivity contribution in [3.8, 4) is 11.5 Å². The van der Waals surface area contributed by atoms with E-state index in [0.29, 0.717) is 20.1 Å². The zero-order valence-corrected chi connectivity index (χ0v) is 12.5. The molecule has 6 heteroatoms. The van der Waals surface area contributed by atoms with Gasteiger partial charge < -0.3 is 4.74 Å². The highest BCUT2D eigenvalue weighted by Crippen LogP contribution is 2.44. The second kappa shape index (κ2) is 5.77. The summed E-state index contributed by atoms with van der Waals surface area (Å²) in [5.74, 6) is 0.507. The van der Waals surface area contributed by atoms with E-state index in [-0.39, 0.29) is 16.5 Å². The van der Waals surface area contributed by atoms with E-state index in [1.165, 1.54) is 0 Å². The molecule has 0 atom stereocenters. The lowest BCUT2D eigenvalue weighted by Crippen LogP contribution is -1.89. The maximum atomic E-state index is 6.03. The van der Waals surface area contributed by atoms with E-state index in [4.69, 9.17) is 62.7 Å². The summed E-state index contributed by atoms with van der Waals surface area (Å²) in [6.07, 6.45) is 0. The molecule has 0 amide bonds. The molecule has 0 spiro atoms. The average molecular weight is 342 g/mol. The Morgan fingerprint density at radius 1 is 0.611 bits per heavy atom. The van der Waals surface area contributed by atoms with E-state index >= 15 is 0 Å². The summed E-state index contributed by atoms with van der Waals surface area (Å²) in [5.41, 5.74) is 0. The van der Waals surface area contributed by atoms with Crippen LogP contribution in [-0.4, -0.2) is 0 Å². The van der Waals surface area contributed by atoms with Crippen LogP contribution in [0.1, 0.15) is 0 Å². The van der Waals surface area contributed by atoms with E-state index in [1.54, 1.807) is 30.3 Å². The van der Waals surface area contributed by atoms with Crippen molar-refractivity contribution in [1.29, 1.82) is 0 Å². The van der Waals surface area contributed by atoms with Gasteiger partial charge in [0.15, 0.2) is 11.5 Å². The molecular formula is C12H5Cl5O. The SMILES string of the molecule is Clc1ccc(Cl)c(Oc2c(Cl)cccc2Cl)c1Cl. The van der Waals surface area contributed by atoms with Gasteiger partial charge in [0.2, 0.25) is 0 Å². The minimum atomic E-state index is 0.208. The van der Waals surface area contributed by atoms with Gasteiger partial charge in [-0.15, -0.1) is 0 Å². The molecule has 2 rings (SSSR count). The van der Waals surface area contributed by atoms with Crippen LogP contribution < -0.4 is 4.74 Å². The maximum absolute atomic E-state index is 6.03. The standard InChI is InChI=1S/C12H5Cl5O/c13-6-4-5-9(16)12(10(6)17)18-11-7(14)2-1-3-8(11)15/h1-5H. The lowest BCUT2D eigenvalue weighted by molar-refractivity contribution is 0.483. The molecule has 94 valence electrons. The van der Waals surface area contributed by atoms with E-state index < -0.39 is 0 Å². The summed E-state index contributed by atoms with van der Waals surface area (Å²) >= 11 is 29.9. The molecule has 0 saturated heterocycles. The van der Waals surface area contributed by atoms with Crippen molar-refractivity contribution >= 4 is 58.0 Å². The molecular weight excluding hydrogens is 337 g/mol. The molecule has 0 N–H and O–H groups in total.